The van der Waals surface area contributed by atoms with E-state index in [2.05, 4.69) is 33.1 Å². The Bertz CT molecular complexity index is 1190. The zero-order chi connectivity index (χ0) is 24.5. The minimum atomic E-state index is -0.0478. The van der Waals surface area contributed by atoms with Crippen molar-refractivity contribution in [3.05, 3.63) is 59.8 Å². The summed E-state index contributed by atoms with van der Waals surface area (Å²) in [5, 5.41) is 9.21. The molecule has 7 heteroatoms. The van der Waals surface area contributed by atoms with Gasteiger partial charge in [0.2, 0.25) is 0 Å². The summed E-state index contributed by atoms with van der Waals surface area (Å²) in [6, 6.07) is 17.6. The Balaban J connectivity index is 1.17. The van der Waals surface area contributed by atoms with E-state index >= 15 is 0 Å². The van der Waals surface area contributed by atoms with Gasteiger partial charge in [-0.05, 0) is 49.4 Å². The third-order valence-corrected chi connectivity index (χ3v) is 8.28. The van der Waals surface area contributed by atoms with Crippen molar-refractivity contribution in [1.29, 1.82) is 0 Å². The van der Waals surface area contributed by atoms with Gasteiger partial charge in [0, 0.05) is 30.1 Å². The van der Waals surface area contributed by atoms with Gasteiger partial charge in [0.1, 0.15) is 5.75 Å². The number of nitrogens with zero attached hydrogens (tertiary/aromatic N) is 3. The fraction of sp³-hybridized carbons (Fsp3) is 0.517. The maximum atomic E-state index is 13.5. The quantitative estimate of drug-likeness (QED) is 0.544. The van der Waals surface area contributed by atoms with Crippen molar-refractivity contribution in [2.24, 2.45) is 0 Å². The minimum absolute atomic E-state index is 0.0478. The van der Waals surface area contributed by atoms with E-state index in [0.717, 1.165) is 48.9 Å². The molecule has 190 valence electrons. The molecule has 1 unspecified atom stereocenters. The van der Waals surface area contributed by atoms with Crippen LogP contribution < -0.4 is 10.1 Å². The minimum Gasteiger partial charge on any atom is -0.497 e. The lowest BCUT2D eigenvalue weighted by molar-refractivity contribution is -0.0843. The average molecular weight is 489 g/mol. The number of morpholine rings is 1. The number of nitrogens with one attached hydrogen (secondary N) is 1. The fourth-order valence-electron chi connectivity index (χ4n) is 6.42. The van der Waals surface area contributed by atoms with Crippen LogP contribution in [0.2, 0.25) is 0 Å². The molecule has 0 radical (unpaired) electrons. The van der Waals surface area contributed by atoms with Crippen LogP contribution in [0.5, 0.6) is 5.75 Å². The molecule has 6 rings (SSSR count). The molecule has 2 bridgehead atoms. The van der Waals surface area contributed by atoms with Crippen molar-refractivity contribution < 1.29 is 14.3 Å². The summed E-state index contributed by atoms with van der Waals surface area (Å²) in [7, 11) is 1.69. The highest BCUT2D eigenvalue weighted by Crippen LogP contribution is 2.33. The Hall–Kier alpha value is -2.90. The number of piperidine rings is 1. The second kappa shape index (κ2) is 10.2. The van der Waals surface area contributed by atoms with Crippen LogP contribution in [0.3, 0.4) is 0 Å². The van der Waals surface area contributed by atoms with Gasteiger partial charge in [-0.15, -0.1) is 0 Å². The number of methoxy groups -OCH3 is 1. The molecule has 1 aliphatic carbocycles. The zero-order valence-electron chi connectivity index (χ0n) is 21.1. The summed E-state index contributed by atoms with van der Waals surface area (Å²) < 4.78 is 13.3. The van der Waals surface area contributed by atoms with Crippen LogP contribution in [0, 0.1) is 0 Å². The highest BCUT2D eigenvalue weighted by molar-refractivity contribution is 6.05. The van der Waals surface area contributed by atoms with Crippen molar-refractivity contribution in [3.63, 3.8) is 0 Å². The Labute approximate surface area is 212 Å². The molecule has 2 aliphatic heterocycles. The SMILES string of the molecule is COc1ccc(CN2[C@@H]3COC[C@H]2CC(NC(=O)c2nn(C4CCCCC4)c4ccccc24)C3)cc1. The number of aromatic nitrogens is 2. The molecule has 0 spiro atoms. The maximum absolute atomic E-state index is 13.5. The smallest absolute Gasteiger partial charge is 0.272 e. The lowest BCUT2D eigenvalue weighted by atomic mass is 9.89. The van der Waals surface area contributed by atoms with E-state index < -0.39 is 0 Å². The molecule has 7 nitrogen and oxygen atoms in total. The number of hydrogen-bond donors (Lipinski definition) is 1. The van der Waals surface area contributed by atoms with E-state index in [4.69, 9.17) is 14.6 Å². The second-order valence-electron chi connectivity index (χ2n) is 10.6. The van der Waals surface area contributed by atoms with Gasteiger partial charge in [-0.3, -0.25) is 14.4 Å². The number of carbonyl (C=O) groups is 1. The first-order chi connectivity index (χ1) is 17.7. The molecule has 3 aromatic rings. The van der Waals surface area contributed by atoms with Crippen LogP contribution in [0.15, 0.2) is 48.5 Å². The highest BCUT2D eigenvalue weighted by atomic mass is 16.5. The normalized spacial score (nSPS) is 25.1. The van der Waals surface area contributed by atoms with Crippen molar-refractivity contribution >= 4 is 16.8 Å². The van der Waals surface area contributed by atoms with Crippen molar-refractivity contribution in [2.45, 2.75) is 75.7 Å². The first-order valence-corrected chi connectivity index (χ1v) is 13.4. The van der Waals surface area contributed by atoms with Crippen LogP contribution in [0.25, 0.3) is 10.9 Å². The number of ether oxygens (including phenoxy) is 2. The van der Waals surface area contributed by atoms with Crippen LogP contribution in [0.1, 0.15) is 67.0 Å². The Kier molecular flexibility index (Phi) is 6.67. The molecule has 36 heavy (non-hydrogen) atoms. The lowest BCUT2D eigenvalue weighted by Gasteiger charge is -2.48. The monoisotopic (exact) mass is 488 g/mol. The maximum Gasteiger partial charge on any atom is 0.272 e. The van der Waals surface area contributed by atoms with E-state index in [9.17, 15) is 4.79 Å². The molecule has 3 heterocycles. The second-order valence-corrected chi connectivity index (χ2v) is 10.6. The number of para-hydroxylation sites is 1. The molecule has 1 amide bonds. The van der Waals surface area contributed by atoms with E-state index in [1.54, 1.807) is 7.11 Å². The molecule has 1 N–H and O–H groups in total. The Morgan fingerprint density at radius 3 is 2.44 bits per heavy atom. The van der Waals surface area contributed by atoms with Crippen LogP contribution in [-0.2, 0) is 11.3 Å². The van der Waals surface area contributed by atoms with Gasteiger partial charge in [-0.25, -0.2) is 0 Å². The van der Waals surface area contributed by atoms with Gasteiger partial charge in [0.15, 0.2) is 5.69 Å². The molecule has 1 aromatic heterocycles. The van der Waals surface area contributed by atoms with E-state index in [1.807, 2.05) is 30.3 Å². The van der Waals surface area contributed by atoms with Crippen molar-refractivity contribution in [3.8, 4) is 5.75 Å². The van der Waals surface area contributed by atoms with Crippen LogP contribution in [-0.4, -0.2) is 59.0 Å². The van der Waals surface area contributed by atoms with Gasteiger partial charge < -0.3 is 14.8 Å². The third kappa shape index (κ3) is 4.62. The summed E-state index contributed by atoms with van der Waals surface area (Å²) in [6.07, 6.45) is 7.83. The lowest BCUT2D eigenvalue weighted by Crippen LogP contribution is -2.60. The number of benzene rings is 2. The van der Waals surface area contributed by atoms with Crippen molar-refractivity contribution in [1.82, 2.24) is 20.0 Å². The number of hydrogen-bond acceptors (Lipinski definition) is 5. The fourth-order valence-corrected chi connectivity index (χ4v) is 6.42. The van der Waals surface area contributed by atoms with Crippen molar-refractivity contribution in [2.75, 3.05) is 20.3 Å². The van der Waals surface area contributed by atoms with E-state index in [1.165, 1.54) is 24.8 Å². The number of carbonyl (C=O) groups excluding carboxylic acids is 1. The average Bonchev–Trinajstić information content (AvgIpc) is 3.30. The van der Waals surface area contributed by atoms with Crippen LogP contribution >= 0.6 is 0 Å². The predicted molar refractivity (Wildman–Crippen MR) is 139 cm³/mol. The molecule has 1 saturated carbocycles. The van der Waals surface area contributed by atoms with Gasteiger partial charge in [0.05, 0.1) is 31.9 Å². The largest absolute Gasteiger partial charge is 0.497 e. The summed E-state index contributed by atoms with van der Waals surface area (Å²) in [4.78, 5) is 16.1. The van der Waals surface area contributed by atoms with Gasteiger partial charge in [-0.2, -0.15) is 5.10 Å². The molecular formula is C29H36N4O3. The van der Waals surface area contributed by atoms with Crippen LogP contribution in [0.4, 0.5) is 0 Å². The zero-order valence-corrected chi connectivity index (χ0v) is 21.1. The predicted octanol–water partition coefficient (Wildman–Crippen LogP) is 4.71. The van der Waals surface area contributed by atoms with E-state index in [-0.39, 0.29) is 11.9 Å². The summed E-state index contributed by atoms with van der Waals surface area (Å²) in [5.41, 5.74) is 2.92. The Morgan fingerprint density at radius 2 is 1.72 bits per heavy atom. The third-order valence-electron chi connectivity index (χ3n) is 8.28. The molecular weight excluding hydrogens is 452 g/mol. The highest BCUT2D eigenvalue weighted by Gasteiger charge is 2.39. The van der Waals surface area contributed by atoms with Gasteiger partial charge in [0.25, 0.3) is 5.91 Å². The molecule has 3 fully saturated rings. The summed E-state index contributed by atoms with van der Waals surface area (Å²) in [5.74, 6) is 0.829. The topological polar surface area (TPSA) is 68.6 Å². The first kappa shape index (κ1) is 23.5. The summed E-state index contributed by atoms with van der Waals surface area (Å²) in [6.45, 7) is 2.30. The summed E-state index contributed by atoms with van der Waals surface area (Å²) >= 11 is 0. The van der Waals surface area contributed by atoms with Gasteiger partial charge in [-0.1, -0.05) is 49.6 Å². The standard InChI is InChI=1S/C29H36N4O3/c1-35-25-13-11-20(12-14-25)17-32-23-15-21(16-24(32)19-36-18-23)30-29(34)28-26-9-5-6-10-27(26)33(31-28)22-7-3-2-4-8-22/h5-6,9-14,21-24H,2-4,7-8,15-19H2,1H3,(H,30,34)/t21?,23-,24+. The molecule has 2 aromatic carbocycles. The number of amides is 1. The van der Waals surface area contributed by atoms with E-state index in [0.29, 0.717) is 37.0 Å². The molecule has 2 saturated heterocycles. The Morgan fingerprint density at radius 1 is 1.00 bits per heavy atom. The molecule has 3 atom stereocenters. The first-order valence-electron chi connectivity index (χ1n) is 13.4. The van der Waals surface area contributed by atoms with Gasteiger partial charge >= 0.3 is 0 Å². The number of rotatable bonds is 6. The molecule has 3 aliphatic rings. The number of fused-ring (bicyclic) bond motifs is 3.